The van der Waals surface area contributed by atoms with E-state index in [9.17, 15) is 0 Å². The lowest BCUT2D eigenvalue weighted by atomic mass is 9.97. The van der Waals surface area contributed by atoms with E-state index in [1.165, 1.54) is 27.1 Å². The van der Waals surface area contributed by atoms with Crippen molar-refractivity contribution in [2.75, 3.05) is 7.11 Å². The molecular weight excluding hydrogens is 208 g/mol. The fourth-order valence-corrected chi connectivity index (χ4v) is 2.46. The molecule has 0 heterocycles. The van der Waals surface area contributed by atoms with Gasteiger partial charge in [0.1, 0.15) is 5.75 Å². The summed E-state index contributed by atoms with van der Waals surface area (Å²) in [4.78, 5) is 0. The zero-order valence-electron chi connectivity index (χ0n) is 10.0. The Balaban J connectivity index is 2.54. The van der Waals surface area contributed by atoms with Crippen molar-refractivity contribution in [2.45, 2.75) is 6.92 Å². The van der Waals surface area contributed by atoms with Crippen LogP contribution >= 0.6 is 0 Å². The molecule has 0 bridgehead atoms. The molecule has 0 saturated carbocycles. The van der Waals surface area contributed by atoms with Gasteiger partial charge in [0.2, 0.25) is 0 Å². The molecule has 3 rings (SSSR count). The Labute approximate surface area is 101 Å². The number of fused-ring (bicyclic) bond motifs is 2. The van der Waals surface area contributed by atoms with Gasteiger partial charge < -0.3 is 4.74 Å². The van der Waals surface area contributed by atoms with E-state index in [0.717, 1.165) is 5.75 Å². The van der Waals surface area contributed by atoms with Gasteiger partial charge in [-0.2, -0.15) is 0 Å². The Morgan fingerprint density at radius 1 is 0.824 bits per heavy atom. The number of hydrogen-bond donors (Lipinski definition) is 0. The summed E-state index contributed by atoms with van der Waals surface area (Å²) in [6.07, 6.45) is 0. The minimum Gasteiger partial charge on any atom is -0.496 e. The number of methoxy groups -OCH3 is 1. The fourth-order valence-electron chi connectivity index (χ4n) is 2.46. The molecule has 0 unspecified atom stereocenters. The molecular formula is C16H14O. The fraction of sp³-hybridized carbons (Fsp3) is 0.125. The van der Waals surface area contributed by atoms with E-state index in [0.29, 0.717) is 0 Å². The Bertz CT molecular complexity index is 698. The molecule has 0 aromatic heterocycles. The van der Waals surface area contributed by atoms with Crippen molar-refractivity contribution in [1.29, 1.82) is 0 Å². The lowest BCUT2D eigenvalue weighted by molar-refractivity contribution is 0.420. The van der Waals surface area contributed by atoms with E-state index in [-0.39, 0.29) is 0 Å². The minimum absolute atomic E-state index is 0.941. The first-order valence-electron chi connectivity index (χ1n) is 5.76. The largest absolute Gasteiger partial charge is 0.496 e. The topological polar surface area (TPSA) is 9.23 Å². The van der Waals surface area contributed by atoms with Gasteiger partial charge in [0, 0.05) is 5.39 Å². The SMILES string of the molecule is COc1cccc2c(C)c3ccccc3cc12. The van der Waals surface area contributed by atoms with Gasteiger partial charge in [0.15, 0.2) is 0 Å². The number of aryl methyl sites for hydroxylation is 1. The monoisotopic (exact) mass is 222 g/mol. The second kappa shape index (κ2) is 3.77. The highest BCUT2D eigenvalue weighted by Gasteiger charge is 2.06. The van der Waals surface area contributed by atoms with Crippen LogP contribution in [0.15, 0.2) is 48.5 Å². The molecule has 3 aromatic carbocycles. The summed E-state index contributed by atoms with van der Waals surface area (Å²) in [5.74, 6) is 0.941. The van der Waals surface area contributed by atoms with Crippen molar-refractivity contribution in [1.82, 2.24) is 0 Å². The number of benzene rings is 3. The first-order chi connectivity index (χ1) is 8.31. The van der Waals surface area contributed by atoms with E-state index >= 15 is 0 Å². The molecule has 1 nitrogen and oxygen atoms in total. The molecule has 0 fully saturated rings. The van der Waals surface area contributed by atoms with Crippen molar-refractivity contribution in [3.63, 3.8) is 0 Å². The summed E-state index contributed by atoms with van der Waals surface area (Å²) in [5, 5.41) is 5.03. The third kappa shape index (κ3) is 1.47. The second-order valence-corrected chi connectivity index (χ2v) is 4.28. The van der Waals surface area contributed by atoms with Crippen LogP contribution < -0.4 is 4.74 Å². The third-order valence-corrected chi connectivity index (χ3v) is 3.35. The third-order valence-electron chi connectivity index (χ3n) is 3.35. The van der Waals surface area contributed by atoms with Crippen molar-refractivity contribution in [3.8, 4) is 5.75 Å². The molecule has 0 radical (unpaired) electrons. The lowest BCUT2D eigenvalue weighted by Crippen LogP contribution is -1.87. The predicted octanol–water partition coefficient (Wildman–Crippen LogP) is 4.31. The summed E-state index contributed by atoms with van der Waals surface area (Å²) < 4.78 is 5.43. The van der Waals surface area contributed by atoms with Crippen molar-refractivity contribution >= 4 is 21.5 Å². The molecule has 0 saturated heterocycles. The van der Waals surface area contributed by atoms with Gasteiger partial charge in [-0.15, -0.1) is 0 Å². The first-order valence-corrected chi connectivity index (χ1v) is 5.76. The normalized spacial score (nSPS) is 10.9. The quantitative estimate of drug-likeness (QED) is 0.557. The minimum atomic E-state index is 0.941. The molecule has 0 aliphatic rings. The molecule has 0 aliphatic heterocycles. The summed E-state index contributed by atoms with van der Waals surface area (Å²) in [6.45, 7) is 2.17. The molecule has 0 aliphatic carbocycles. The highest BCUT2D eigenvalue weighted by atomic mass is 16.5. The summed E-state index contributed by atoms with van der Waals surface area (Å²) in [6, 6.07) is 16.9. The maximum Gasteiger partial charge on any atom is 0.126 e. The van der Waals surface area contributed by atoms with Crippen LogP contribution in [-0.4, -0.2) is 7.11 Å². The summed E-state index contributed by atoms with van der Waals surface area (Å²) in [5.41, 5.74) is 1.32. The Hall–Kier alpha value is -2.02. The van der Waals surface area contributed by atoms with E-state index in [2.05, 4.69) is 43.3 Å². The highest BCUT2D eigenvalue weighted by Crippen LogP contribution is 2.32. The number of rotatable bonds is 1. The van der Waals surface area contributed by atoms with Crippen LogP contribution in [0.4, 0.5) is 0 Å². The van der Waals surface area contributed by atoms with Gasteiger partial charge in [0.25, 0.3) is 0 Å². The van der Waals surface area contributed by atoms with Crippen molar-refractivity contribution in [2.24, 2.45) is 0 Å². The van der Waals surface area contributed by atoms with Crippen LogP contribution in [0, 0.1) is 6.92 Å². The summed E-state index contributed by atoms with van der Waals surface area (Å²) >= 11 is 0. The van der Waals surface area contributed by atoms with E-state index < -0.39 is 0 Å². The van der Waals surface area contributed by atoms with Crippen LogP contribution in [0.3, 0.4) is 0 Å². The highest BCUT2D eigenvalue weighted by molar-refractivity contribution is 6.04. The zero-order valence-corrected chi connectivity index (χ0v) is 10.0. The lowest BCUT2D eigenvalue weighted by Gasteiger charge is -2.10. The predicted molar refractivity (Wildman–Crippen MR) is 72.7 cm³/mol. The van der Waals surface area contributed by atoms with Gasteiger partial charge >= 0.3 is 0 Å². The van der Waals surface area contributed by atoms with E-state index in [4.69, 9.17) is 4.74 Å². The molecule has 17 heavy (non-hydrogen) atoms. The smallest absolute Gasteiger partial charge is 0.126 e. The molecule has 84 valence electrons. The van der Waals surface area contributed by atoms with Gasteiger partial charge in [-0.3, -0.25) is 0 Å². The van der Waals surface area contributed by atoms with Gasteiger partial charge in [-0.25, -0.2) is 0 Å². The molecule has 0 amide bonds. The first kappa shape index (κ1) is 10.2. The maximum absolute atomic E-state index is 5.43. The molecule has 0 atom stereocenters. The van der Waals surface area contributed by atoms with E-state index in [1.807, 2.05) is 12.1 Å². The Morgan fingerprint density at radius 2 is 1.59 bits per heavy atom. The Morgan fingerprint density at radius 3 is 2.41 bits per heavy atom. The van der Waals surface area contributed by atoms with Crippen LogP contribution in [0.5, 0.6) is 5.75 Å². The average Bonchev–Trinajstić information content (AvgIpc) is 2.38. The van der Waals surface area contributed by atoms with Crippen LogP contribution in [0.25, 0.3) is 21.5 Å². The number of ether oxygens (including phenoxy) is 1. The Kier molecular flexibility index (Phi) is 2.25. The molecule has 0 N–H and O–H groups in total. The zero-order chi connectivity index (χ0) is 11.8. The van der Waals surface area contributed by atoms with Gasteiger partial charge in [-0.1, -0.05) is 36.4 Å². The van der Waals surface area contributed by atoms with Crippen LogP contribution in [0.2, 0.25) is 0 Å². The molecule has 3 aromatic rings. The van der Waals surface area contributed by atoms with Crippen molar-refractivity contribution < 1.29 is 4.74 Å². The molecule has 1 heteroatoms. The second-order valence-electron chi connectivity index (χ2n) is 4.28. The molecule has 0 spiro atoms. The van der Waals surface area contributed by atoms with Crippen molar-refractivity contribution in [3.05, 3.63) is 54.1 Å². The van der Waals surface area contributed by atoms with Gasteiger partial charge in [-0.05, 0) is 40.8 Å². The van der Waals surface area contributed by atoms with Crippen LogP contribution in [-0.2, 0) is 0 Å². The number of hydrogen-bond acceptors (Lipinski definition) is 1. The van der Waals surface area contributed by atoms with Gasteiger partial charge in [0.05, 0.1) is 7.11 Å². The summed E-state index contributed by atoms with van der Waals surface area (Å²) in [7, 11) is 1.72. The average molecular weight is 222 g/mol. The maximum atomic E-state index is 5.43. The van der Waals surface area contributed by atoms with E-state index in [1.54, 1.807) is 7.11 Å². The van der Waals surface area contributed by atoms with Crippen LogP contribution in [0.1, 0.15) is 5.56 Å². The standard InChI is InChI=1S/C16H14O/c1-11-13-7-4-3-6-12(13)10-15-14(11)8-5-9-16(15)17-2/h3-10H,1-2H3.